The number of nitrogens with zero attached hydrogens (tertiary/aromatic N) is 4. The molecule has 2 aliphatic rings. The summed E-state index contributed by atoms with van der Waals surface area (Å²) >= 11 is 0. The van der Waals surface area contributed by atoms with Gasteiger partial charge < -0.3 is 14.4 Å². The SMILES string of the molecule is C[C@H]1Cc2nc3cc(F)c(-c4cnc(C5(O)COC5)nc4)cc3n2C1. The van der Waals surface area contributed by atoms with Crippen LogP contribution in [0.15, 0.2) is 24.5 Å². The molecule has 4 heterocycles. The first kappa shape index (κ1) is 14.9. The number of aliphatic hydroxyl groups is 1. The van der Waals surface area contributed by atoms with E-state index >= 15 is 0 Å². The van der Waals surface area contributed by atoms with E-state index in [0.29, 0.717) is 28.4 Å². The lowest BCUT2D eigenvalue weighted by Crippen LogP contribution is -2.47. The Morgan fingerprint density at radius 2 is 2.04 bits per heavy atom. The molecule has 2 aromatic heterocycles. The van der Waals surface area contributed by atoms with E-state index in [0.717, 1.165) is 24.3 Å². The number of hydrogen-bond acceptors (Lipinski definition) is 5. The van der Waals surface area contributed by atoms with E-state index in [1.807, 2.05) is 6.07 Å². The minimum atomic E-state index is -1.12. The second-order valence-electron chi connectivity index (χ2n) is 7.09. The molecule has 5 rings (SSSR count). The summed E-state index contributed by atoms with van der Waals surface area (Å²) in [6.07, 6.45) is 4.02. The summed E-state index contributed by atoms with van der Waals surface area (Å²) in [5.41, 5.74) is 1.52. The Hall–Kier alpha value is -2.38. The largest absolute Gasteiger partial charge is 0.377 e. The smallest absolute Gasteiger partial charge is 0.170 e. The lowest BCUT2D eigenvalue weighted by atomic mass is 10.0. The van der Waals surface area contributed by atoms with Crippen molar-refractivity contribution in [1.82, 2.24) is 19.5 Å². The van der Waals surface area contributed by atoms with E-state index in [4.69, 9.17) is 4.74 Å². The van der Waals surface area contributed by atoms with Crippen molar-refractivity contribution in [3.05, 3.63) is 42.0 Å². The minimum absolute atomic E-state index is 0.187. The lowest BCUT2D eigenvalue weighted by molar-refractivity contribution is -0.189. The number of ether oxygens (including phenoxy) is 1. The molecular weight excluding hydrogens is 323 g/mol. The maximum Gasteiger partial charge on any atom is 0.170 e. The van der Waals surface area contributed by atoms with E-state index in [2.05, 4.69) is 26.4 Å². The molecule has 1 aromatic carbocycles. The molecule has 0 amide bonds. The monoisotopic (exact) mass is 340 g/mol. The molecule has 6 nitrogen and oxygen atoms in total. The quantitative estimate of drug-likeness (QED) is 0.773. The number of imidazole rings is 1. The molecule has 0 aliphatic carbocycles. The molecule has 1 N–H and O–H groups in total. The predicted molar refractivity (Wildman–Crippen MR) is 88.3 cm³/mol. The fourth-order valence-electron chi connectivity index (χ4n) is 3.60. The number of fused-ring (bicyclic) bond motifs is 3. The first-order valence-corrected chi connectivity index (χ1v) is 8.35. The summed E-state index contributed by atoms with van der Waals surface area (Å²) in [7, 11) is 0. The van der Waals surface area contributed by atoms with Crippen molar-refractivity contribution in [1.29, 1.82) is 0 Å². The van der Waals surface area contributed by atoms with Gasteiger partial charge in [-0.25, -0.2) is 19.3 Å². The van der Waals surface area contributed by atoms with Gasteiger partial charge in [0.1, 0.15) is 11.6 Å². The molecular formula is C18H17FN4O2. The summed E-state index contributed by atoms with van der Waals surface area (Å²) in [5.74, 6) is 1.52. The molecule has 7 heteroatoms. The van der Waals surface area contributed by atoms with Crippen LogP contribution in [-0.2, 0) is 23.3 Å². The number of halogens is 1. The fourth-order valence-corrected chi connectivity index (χ4v) is 3.60. The van der Waals surface area contributed by atoms with Crippen LogP contribution in [-0.4, -0.2) is 37.8 Å². The van der Waals surface area contributed by atoms with Crippen LogP contribution < -0.4 is 0 Å². The Bertz CT molecular complexity index is 979. The normalized spacial score (nSPS) is 21.3. The zero-order valence-corrected chi connectivity index (χ0v) is 13.7. The van der Waals surface area contributed by atoms with Crippen LogP contribution in [0.1, 0.15) is 18.6 Å². The summed E-state index contributed by atoms with van der Waals surface area (Å²) in [6, 6.07) is 3.29. The van der Waals surface area contributed by atoms with Crippen LogP contribution >= 0.6 is 0 Å². The van der Waals surface area contributed by atoms with Crippen molar-refractivity contribution in [2.24, 2.45) is 5.92 Å². The molecule has 1 saturated heterocycles. The predicted octanol–water partition coefficient (Wildman–Crippen LogP) is 2.04. The molecule has 2 aliphatic heterocycles. The standard InChI is InChI=1S/C18H17FN4O2/c1-10-2-16-22-14-4-13(19)12(3-15(14)23(16)7-10)11-5-20-17(21-6-11)18(24)8-25-9-18/h3-6,10,24H,2,7-9H2,1H3/t10-/m0/s1. The van der Waals surface area contributed by atoms with Crippen molar-refractivity contribution in [2.45, 2.75) is 25.5 Å². The van der Waals surface area contributed by atoms with Crippen LogP contribution in [0.2, 0.25) is 0 Å². The zero-order valence-electron chi connectivity index (χ0n) is 13.7. The molecule has 3 aromatic rings. The zero-order chi connectivity index (χ0) is 17.2. The van der Waals surface area contributed by atoms with Crippen LogP contribution in [0.3, 0.4) is 0 Å². The van der Waals surface area contributed by atoms with Crippen LogP contribution in [0.5, 0.6) is 0 Å². The Kier molecular flexibility index (Phi) is 3.02. The van der Waals surface area contributed by atoms with Gasteiger partial charge in [-0.05, 0) is 12.0 Å². The average molecular weight is 340 g/mol. The molecule has 0 radical (unpaired) electrons. The van der Waals surface area contributed by atoms with E-state index in [1.165, 1.54) is 6.07 Å². The lowest BCUT2D eigenvalue weighted by Gasteiger charge is -2.34. The molecule has 0 unspecified atom stereocenters. The topological polar surface area (TPSA) is 73.1 Å². The van der Waals surface area contributed by atoms with Gasteiger partial charge >= 0.3 is 0 Å². The van der Waals surface area contributed by atoms with Gasteiger partial charge in [0.25, 0.3) is 0 Å². The summed E-state index contributed by atoms with van der Waals surface area (Å²) in [4.78, 5) is 13.0. The Labute approximate surface area is 143 Å². The van der Waals surface area contributed by atoms with Gasteiger partial charge in [0.05, 0.1) is 24.2 Å². The summed E-state index contributed by atoms with van der Waals surface area (Å²) < 4.78 is 21.8. The third-order valence-corrected chi connectivity index (χ3v) is 5.00. The van der Waals surface area contributed by atoms with Gasteiger partial charge in [0, 0.05) is 42.6 Å². The van der Waals surface area contributed by atoms with Gasteiger partial charge in [0.15, 0.2) is 11.4 Å². The number of aromatic nitrogens is 4. The van der Waals surface area contributed by atoms with Gasteiger partial charge in [-0.2, -0.15) is 0 Å². The van der Waals surface area contributed by atoms with Crippen molar-refractivity contribution < 1.29 is 14.2 Å². The highest BCUT2D eigenvalue weighted by atomic mass is 19.1. The fraction of sp³-hybridized carbons (Fsp3) is 0.389. The molecule has 0 spiro atoms. The Morgan fingerprint density at radius 3 is 2.72 bits per heavy atom. The molecule has 25 heavy (non-hydrogen) atoms. The number of hydrogen-bond donors (Lipinski definition) is 1. The van der Waals surface area contributed by atoms with Gasteiger partial charge in [0.2, 0.25) is 0 Å². The first-order chi connectivity index (χ1) is 12.0. The highest BCUT2D eigenvalue weighted by Crippen LogP contribution is 2.32. The van der Waals surface area contributed by atoms with Gasteiger partial charge in [-0.1, -0.05) is 6.92 Å². The summed E-state index contributed by atoms with van der Waals surface area (Å²) in [5, 5.41) is 10.2. The molecule has 0 bridgehead atoms. The second kappa shape index (κ2) is 5.06. The third kappa shape index (κ3) is 2.19. The third-order valence-electron chi connectivity index (χ3n) is 5.00. The highest BCUT2D eigenvalue weighted by Gasteiger charge is 2.40. The van der Waals surface area contributed by atoms with Crippen molar-refractivity contribution in [3.8, 4) is 11.1 Å². The maximum absolute atomic E-state index is 14.6. The molecule has 1 fully saturated rings. The number of benzene rings is 1. The second-order valence-corrected chi connectivity index (χ2v) is 7.09. The highest BCUT2D eigenvalue weighted by molar-refractivity contribution is 5.83. The van der Waals surface area contributed by atoms with E-state index in [-0.39, 0.29) is 19.0 Å². The summed E-state index contributed by atoms with van der Waals surface area (Å²) in [6.45, 7) is 3.46. The Morgan fingerprint density at radius 1 is 1.28 bits per heavy atom. The minimum Gasteiger partial charge on any atom is -0.377 e. The molecule has 128 valence electrons. The molecule has 1 atom stereocenters. The van der Waals surface area contributed by atoms with Crippen molar-refractivity contribution >= 4 is 11.0 Å². The van der Waals surface area contributed by atoms with Crippen molar-refractivity contribution in [2.75, 3.05) is 13.2 Å². The van der Waals surface area contributed by atoms with E-state index in [1.54, 1.807) is 12.4 Å². The maximum atomic E-state index is 14.6. The van der Waals surface area contributed by atoms with E-state index in [9.17, 15) is 9.50 Å². The van der Waals surface area contributed by atoms with Crippen LogP contribution in [0.4, 0.5) is 4.39 Å². The first-order valence-electron chi connectivity index (χ1n) is 8.35. The number of rotatable bonds is 2. The van der Waals surface area contributed by atoms with E-state index < -0.39 is 5.60 Å². The van der Waals surface area contributed by atoms with Crippen molar-refractivity contribution in [3.63, 3.8) is 0 Å². The van der Waals surface area contributed by atoms with Gasteiger partial charge in [-0.15, -0.1) is 0 Å². The molecule has 0 saturated carbocycles. The Balaban J connectivity index is 1.58. The van der Waals surface area contributed by atoms with Crippen LogP contribution in [0.25, 0.3) is 22.2 Å². The average Bonchev–Trinajstić information content (AvgIpc) is 3.07. The van der Waals surface area contributed by atoms with Crippen LogP contribution in [0, 0.1) is 11.7 Å². The van der Waals surface area contributed by atoms with Gasteiger partial charge in [-0.3, -0.25) is 0 Å².